The van der Waals surface area contributed by atoms with Gasteiger partial charge in [0, 0.05) is 44.1 Å². The van der Waals surface area contributed by atoms with Crippen molar-refractivity contribution in [2.45, 2.75) is 57.2 Å². The van der Waals surface area contributed by atoms with Crippen LogP contribution in [-0.4, -0.2) is 107 Å². The molecule has 3 atom stereocenters. The number of aliphatic hydroxyl groups is 1. The summed E-state index contributed by atoms with van der Waals surface area (Å²) in [5.74, 6) is -1.56. The Kier molecular flexibility index (Phi) is 9.96. The highest BCUT2D eigenvalue weighted by molar-refractivity contribution is 5.95. The number of nitrogens with zero attached hydrogens (tertiary/aromatic N) is 3. The van der Waals surface area contributed by atoms with E-state index in [-0.39, 0.29) is 19.1 Å². The molecule has 2 aromatic rings. The van der Waals surface area contributed by atoms with E-state index in [1.807, 2.05) is 18.2 Å². The quantitative estimate of drug-likeness (QED) is 0.364. The van der Waals surface area contributed by atoms with Gasteiger partial charge in [-0.1, -0.05) is 12.1 Å². The first-order valence-electron chi connectivity index (χ1n) is 15.4. The normalized spacial score (nSPS) is 24.7. The Morgan fingerprint density at radius 2 is 1.80 bits per heavy atom. The standard InChI is InChI=1S/C32H40N6O7/c1-21-30(43)38-13-3-6-26(38)29(42)36-25(18-39)28(41)34-20-32(17-22-4-2-5-24(16-22)45-19-27(40)35-21)9-14-37(15-10-32)31(44)23-7-11-33-12-8-23/h2,4-5,7-8,11-12,16,21,25-26,39H,3,6,9-10,13-15,17-20H2,1H3,(H,34,41)(H,35,40)(H,36,42)/t21-,25-,26-/m0/s1. The summed E-state index contributed by atoms with van der Waals surface area (Å²) in [6, 6.07) is 7.80. The van der Waals surface area contributed by atoms with E-state index in [0.717, 1.165) is 5.56 Å². The lowest BCUT2D eigenvalue weighted by Gasteiger charge is -2.42. The van der Waals surface area contributed by atoms with Crippen molar-refractivity contribution in [1.82, 2.24) is 30.7 Å². The van der Waals surface area contributed by atoms with Gasteiger partial charge in [0.2, 0.25) is 17.7 Å². The van der Waals surface area contributed by atoms with Crippen molar-refractivity contribution in [2.75, 3.05) is 39.4 Å². The number of nitrogens with one attached hydrogen (secondary N) is 3. The molecule has 2 bridgehead atoms. The lowest BCUT2D eigenvalue weighted by Crippen LogP contribution is -2.57. The molecule has 3 aliphatic heterocycles. The van der Waals surface area contributed by atoms with Gasteiger partial charge in [-0.25, -0.2) is 0 Å². The first-order chi connectivity index (χ1) is 21.7. The molecule has 0 saturated carbocycles. The molecule has 0 aliphatic carbocycles. The molecule has 2 fully saturated rings. The number of aliphatic hydroxyl groups excluding tert-OH is 1. The lowest BCUT2D eigenvalue weighted by atomic mass is 9.73. The molecule has 240 valence electrons. The average Bonchev–Trinajstić information content (AvgIpc) is 3.55. The van der Waals surface area contributed by atoms with Crippen LogP contribution in [0.4, 0.5) is 0 Å². The van der Waals surface area contributed by atoms with Gasteiger partial charge in [-0.15, -0.1) is 0 Å². The van der Waals surface area contributed by atoms with Crippen molar-refractivity contribution in [3.8, 4) is 5.75 Å². The van der Waals surface area contributed by atoms with E-state index in [1.54, 1.807) is 42.4 Å². The van der Waals surface area contributed by atoms with Gasteiger partial charge in [-0.3, -0.25) is 29.0 Å². The summed E-state index contributed by atoms with van der Waals surface area (Å²) < 4.78 is 5.77. The van der Waals surface area contributed by atoms with Crippen LogP contribution < -0.4 is 20.7 Å². The summed E-state index contributed by atoms with van der Waals surface area (Å²) in [7, 11) is 0. The maximum absolute atomic E-state index is 13.3. The van der Waals surface area contributed by atoms with Crippen molar-refractivity contribution in [3.05, 3.63) is 59.9 Å². The van der Waals surface area contributed by atoms with Gasteiger partial charge in [0.1, 0.15) is 23.9 Å². The third-order valence-electron chi connectivity index (χ3n) is 8.93. The summed E-state index contributed by atoms with van der Waals surface area (Å²) >= 11 is 0. The summed E-state index contributed by atoms with van der Waals surface area (Å²) in [5, 5.41) is 18.3. The molecule has 5 rings (SSSR count). The predicted octanol–water partition coefficient (Wildman–Crippen LogP) is 0.0281. The first-order valence-corrected chi connectivity index (χ1v) is 15.4. The molecule has 13 nitrogen and oxygen atoms in total. The number of carbonyl (C=O) groups is 5. The Morgan fingerprint density at radius 1 is 1.04 bits per heavy atom. The summed E-state index contributed by atoms with van der Waals surface area (Å²) in [4.78, 5) is 72.7. The number of carbonyl (C=O) groups excluding carboxylic acids is 5. The Balaban J connectivity index is 1.38. The molecule has 1 aromatic heterocycles. The number of hydrogen-bond donors (Lipinski definition) is 4. The fourth-order valence-corrected chi connectivity index (χ4v) is 6.36. The van der Waals surface area contributed by atoms with Gasteiger partial charge in [-0.2, -0.15) is 0 Å². The highest BCUT2D eigenvalue weighted by Crippen LogP contribution is 2.36. The van der Waals surface area contributed by atoms with E-state index in [0.29, 0.717) is 63.1 Å². The Labute approximate surface area is 261 Å². The van der Waals surface area contributed by atoms with Crippen molar-refractivity contribution >= 4 is 29.5 Å². The van der Waals surface area contributed by atoms with E-state index in [9.17, 15) is 29.1 Å². The molecule has 1 spiro atoms. The summed E-state index contributed by atoms with van der Waals surface area (Å²) in [6.45, 7) is 2.15. The zero-order chi connectivity index (χ0) is 32.0. The van der Waals surface area contributed by atoms with Gasteiger partial charge >= 0.3 is 0 Å². The number of piperidine rings is 1. The Morgan fingerprint density at radius 3 is 2.53 bits per heavy atom. The number of fused-ring (bicyclic) bond motifs is 3. The van der Waals surface area contributed by atoms with Gasteiger partial charge in [0.25, 0.3) is 11.8 Å². The molecule has 0 unspecified atom stereocenters. The van der Waals surface area contributed by atoms with Crippen molar-refractivity contribution < 1.29 is 33.8 Å². The maximum Gasteiger partial charge on any atom is 0.258 e. The van der Waals surface area contributed by atoms with E-state index in [4.69, 9.17) is 4.74 Å². The summed E-state index contributed by atoms with van der Waals surface area (Å²) in [5.41, 5.74) is 1.03. The fourth-order valence-electron chi connectivity index (χ4n) is 6.36. The van der Waals surface area contributed by atoms with Crippen LogP contribution in [-0.2, 0) is 25.6 Å². The zero-order valence-corrected chi connectivity index (χ0v) is 25.4. The number of benzene rings is 1. The second-order valence-corrected chi connectivity index (χ2v) is 12.1. The monoisotopic (exact) mass is 620 g/mol. The van der Waals surface area contributed by atoms with Crippen LogP contribution >= 0.6 is 0 Å². The van der Waals surface area contributed by atoms with Crippen LogP contribution in [0.25, 0.3) is 0 Å². The molecular formula is C32H40N6O7. The van der Waals surface area contributed by atoms with Gasteiger partial charge < -0.3 is 35.6 Å². The predicted molar refractivity (Wildman–Crippen MR) is 162 cm³/mol. The topological polar surface area (TPSA) is 170 Å². The van der Waals surface area contributed by atoms with E-state index in [1.165, 1.54) is 4.90 Å². The number of hydrogen-bond acceptors (Lipinski definition) is 8. The van der Waals surface area contributed by atoms with Crippen molar-refractivity contribution in [3.63, 3.8) is 0 Å². The van der Waals surface area contributed by atoms with Crippen LogP contribution in [0, 0.1) is 5.41 Å². The Hall–Kier alpha value is -4.52. The van der Waals surface area contributed by atoms with Crippen LogP contribution in [0.3, 0.4) is 0 Å². The number of aromatic nitrogens is 1. The SMILES string of the molecule is C[C@@H]1NC(=O)COc2cccc(c2)CC2(CCN(C(=O)c3ccncc3)CC2)CNC(=O)[C@H](CO)NC(=O)[C@@H]2CCCN2C1=O. The van der Waals surface area contributed by atoms with Crippen LogP contribution in [0.5, 0.6) is 5.75 Å². The second kappa shape index (κ2) is 14.1. The average molecular weight is 621 g/mol. The highest BCUT2D eigenvalue weighted by Gasteiger charge is 2.40. The third kappa shape index (κ3) is 7.59. The number of ether oxygens (including phenoxy) is 1. The molecule has 4 N–H and O–H groups in total. The van der Waals surface area contributed by atoms with Gasteiger partial charge in [0.15, 0.2) is 6.61 Å². The third-order valence-corrected chi connectivity index (χ3v) is 8.93. The molecule has 1 aromatic carbocycles. The number of amides is 5. The zero-order valence-electron chi connectivity index (χ0n) is 25.4. The van der Waals surface area contributed by atoms with Gasteiger partial charge in [0.05, 0.1) is 6.61 Å². The summed E-state index contributed by atoms with van der Waals surface area (Å²) in [6.07, 6.45) is 5.87. The van der Waals surface area contributed by atoms with Crippen LogP contribution in [0.2, 0.25) is 0 Å². The smallest absolute Gasteiger partial charge is 0.258 e. The first kappa shape index (κ1) is 31.9. The van der Waals surface area contributed by atoms with Crippen LogP contribution in [0.15, 0.2) is 48.8 Å². The second-order valence-electron chi connectivity index (χ2n) is 12.1. The molecule has 4 heterocycles. The number of likely N-dealkylation sites (tertiary alicyclic amines) is 1. The fraction of sp³-hybridized carbons (Fsp3) is 0.500. The molecule has 13 heteroatoms. The molecule has 5 amide bonds. The highest BCUT2D eigenvalue weighted by atomic mass is 16.5. The van der Waals surface area contributed by atoms with Crippen molar-refractivity contribution in [1.29, 1.82) is 0 Å². The molecule has 3 aliphatic rings. The largest absolute Gasteiger partial charge is 0.484 e. The molecule has 0 radical (unpaired) electrons. The minimum Gasteiger partial charge on any atom is -0.484 e. The lowest BCUT2D eigenvalue weighted by molar-refractivity contribution is -0.142. The Bertz CT molecular complexity index is 1410. The van der Waals surface area contributed by atoms with Gasteiger partial charge in [-0.05, 0) is 74.3 Å². The molecule has 2 saturated heterocycles. The minimum absolute atomic E-state index is 0.0853. The van der Waals surface area contributed by atoms with E-state index < -0.39 is 53.8 Å². The molecular weight excluding hydrogens is 580 g/mol. The maximum atomic E-state index is 13.3. The van der Waals surface area contributed by atoms with Crippen molar-refractivity contribution in [2.24, 2.45) is 5.41 Å². The number of pyridine rings is 1. The number of rotatable bonds is 2. The minimum atomic E-state index is -1.21. The van der Waals surface area contributed by atoms with E-state index in [2.05, 4.69) is 20.9 Å². The van der Waals surface area contributed by atoms with Crippen LogP contribution in [0.1, 0.15) is 48.5 Å². The van der Waals surface area contributed by atoms with E-state index >= 15 is 0 Å². The molecule has 45 heavy (non-hydrogen) atoms.